The van der Waals surface area contributed by atoms with Gasteiger partial charge in [0, 0.05) is 47.7 Å². The van der Waals surface area contributed by atoms with Crippen LogP contribution in [0.2, 0.25) is 0 Å². The van der Waals surface area contributed by atoms with Crippen LogP contribution in [0, 0.1) is 0 Å². The Morgan fingerprint density at radius 1 is 1.00 bits per heavy atom. The lowest BCUT2D eigenvalue weighted by Crippen LogP contribution is -2.47. The third-order valence-electron chi connectivity index (χ3n) is 7.53. The third-order valence-corrected chi connectivity index (χ3v) is 7.53. The molecular formula is C31H36N6O2. The second-order valence-corrected chi connectivity index (χ2v) is 10.4. The standard InChI is InChI=1S/C31H36N6O2/c1-22-10-8-11-23(2)37(22)29(38)17-7-6-14-27-21-36(28-15-4-3-5-16-28)31(34-27)35-30(39)25-13-9-12-24(18-25)26-19-32-33-20-26/h3-5,9,12-13,15-16,18-23H,6-8,10-11,14,17H2,1-2H3,(H,32,33)(H,34,35,39)/t22-,23+. The number of nitrogens with one attached hydrogen (secondary N) is 2. The van der Waals surface area contributed by atoms with Crippen molar-refractivity contribution >= 4 is 17.8 Å². The van der Waals surface area contributed by atoms with E-state index < -0.39 is 0 Å². The zero-order valence-corrected chi connectivity index (χ0v) is 22.6. The molecule has 2 amide bonds. The molecule has 1 aliphatic heterocycles. The molecule has 0 radical (unpaired) electrons. The van der Waals surface area contributed by atoms with Crippen LogP contribution in [0.15, 0.2) is 73.2 Å². The van der Waals surface area contributed by atoms with Gasteiger partial charge in [0.25, 0.3) is 5.91 Å². The number of anilines is 1. The summed E-state index contributed by atoms with van der Waals surface area (Å²) in [5.41, 5.74) is 4.17. The Morgan fingerprint density at radius 2 is 1.79 bits per heavy atom. The second-order valence-electron chi connectivity index (χ2n) is 10.4. The smallest absolute Gasteiger partial charge is 0.258 e. The summed E-state index contributed by atoms with van der Waals surface area (Å²) in [7, 11) is 0. The molecule has 8 nitrogen and oxygen atoms in total. The van der Waals surface area contributed by atoms with Gasteiger partial charge in [-0.05, 0) is 82.2 Å². The van der Waals surface area contributed by atoms with E-state index in [1.807, 2.05) is 59.3 Å². The Labute approximate surface area is 229 Å². The van der Waals surface area contributed by atoms with Gasteiger partial charge in [0.15, 0.2) is 0 Å². The van der Waals surface area contributed by atoms with Crippen LogP contribution < -0.4 is 5.32 Å². The topological polar surface area (TPSA) is 95.9 Å². The first-order valence-corrected chi connectivity index (χ1v) is 13.8. The molecule has 39 heavy (non-hydrogen) atoms. The zero-order chi connectivity index (χ0) is 27.2. The van der Waals surface area contributed by atoms with Crippen molar-refractivity contribution in [3.8, 4) is 16.8 Å². The minimum atomic E-state index is -0.231. The van der Waals surface area contributed by atoms with Crippen LogP contribution in [-0.4, -0.2) is 48.5 Å². The predicted molar refractivity (Wildman–Crippen MR) is 153 cm³/mol. The molecule has 202 valence electrons. The second kappa shape index (κ2) is 12.1. The Bertz CT molecular complexity index is 1390. The predicted octanol–water partition coefficient (Wildman–Crippen LogP) is 6.02. The molecule has 1 aliphatic rings. The molecule has 0 saturated carbocycles. The van der Waals surface area contributed by atoms with Gasteiger partial charge >= 0.3 is 0 Å². The van der Waals surface area contributed by atoms with Gasteiger partial charge in [-0.25, -0.2) is 4.98 Å². The zero-order valence-electron chi connectivity index (χ0n) is 22.6. The molecule has 3 heterocycles. The van der Waals surface area contributed by atoms with E-state index in [0.29, 0.717) is 30.0 Å². The number of aryl methyl sites for hydroxylation is 1. The number of rotatable bonds is 9. The summed E-state index contributed by atoms with van der Waals surface area (Å²) >= 11 is 0. The maximum Gasteiger partial charge on any atom is 0.258 e. The van der Waals surface area contributed by atoms with E-state index in [-0.39, 0.29) is 11.8 Å². The molecule has 1 saturated heterocycles. The highest BCUT2D eigenvalue weighted by atomic mass is 16.2. The van der Waals surface area contributed by atoms with E-state index in [2.05, 4.69) is 34.3 Å². The van der Waals surface area contributed by atoms with Crippen LogP contribution in [0.25, 0.3) is 16.8 Å². The summed E-state index contributed by atoms with van der Waals surface area (Å²) in [4.78, 5) is 33.0. The van der Waals surface area contributed by atoms with Crippen molar-refractivity contribution in [3.63, 3.8) is 0 Å². The van der Waals surface area contributed by atoms with Crippen molar-refractivity contribution in [2.75, 3.05) is 5.32 Å². The van der Waals surface area contributed by atoms with Gasteiger partial charge in [0.1, 0.15) is 0 Å². The summed E-state index contributed by atoms with van der Waals surface area (Å²) in [5.74, 6) is 0.502. The maximum absolute atomic E-state index is 13.2. The Balaban J connectivity index is 1.26. The molecule has 2 N–H and O–H groups in total. The molecule has 2 atom stereocenters. The molecule has 1 fully saturated rings. The van der Waals surface area contributed by atoms with Crippen molar-refractivity contribution in [3.05, 3.63) is 84.4 Å². The van der Waals surface area contributed by atoms with E-state index in [0.717, 1.165) is 54.6 Å². The molecule has 0 aliphatic carbocycles. The molecular weight excluding hydrogens is 488 g/mol. The third kappa shape index (κ3) is 6.28. The number of para-hydroxylation sites is 1. The van der Waals surface area contributed by atoms with Gasteiger partial charge in [-0.2, -0.15) is 5.10 Å². The van der Waals surface area contributed by atoms with E-state index in [1.165, 1.54) is 6.42 Å². The lowest BCUT2D eigenvalue weighted by Gasteiger charge is -2.39. The van der Waals surface area contributed by atoms with Gasteiger partial charge in [-0.1, -0.05) is 30.3 Å². The van der Waals surface area contributed by atoms with Crippen molar-refractivity contribution in [1.82, 2.24) is 24.6 Å². The molecule has 2 aromatic carbocycles. The largest absolute Gasteiger partial charge is 0.337 e. The molecule has 0 spiro atoms. The SMILES string of the molecule is C[C@@H]1CCC[C@H](C)N1C(=O)CCCCc1cn(-c2ccccc2)c(NC(=O)c2cccc(-c3cn[nH]c3)c2)n1. The number of imidazole rings is 1. The number of piperidine rings is 1. The van der Waals surface area contributed by atoms with Crippen LogP contribution in [0.5, 0.6) is 0 Å². The van der Waals surface area contributed by atoms with E-state index in [1.54, 1.807) is 18.5 Å². The average Bonchev–Trinajstić information content (AvgIpc) is 3.62. The number of aromatic amines is 1. The number of nitrogens with zero attached hydrogens (tertiary/aromatic N) is 4. The summed E-state index contributed by atoms with van der Waals surface area (Å²) in [6.45, 7) is 4.32. The van der Waals surface area contributed by atoms with Gasteiger partial charge in [0.05, 0.1) is 11.9 Å². The number of hydrogen-bond acceptors (Lipinski definition) is 4. The number of carbonyl (C=O) groups is 2. The lowest BCUT2D eigenvalue weighted by molar-refractivity contribution is -0.137. The number of amides is 2. The molecule has 0 bridgehead atoms. The Kier molecular flexibility index (Phi) is 8.20. The number of aromatic nitrogens is 4. The average molecular weight is 525 g/mol. The first-order valence-electron chi connectivity index (χ1n) is 13.8. The van der Waals surface area contributed by atoms with E-state index in [9.17, 15) is 9.59 Å². The van der Waals surface area contributed by atoms with Crippen LogP contribution in [0.4, 0.5) is 5.95 Å². The van der Waals surface area contributed by atoms with E-state index >= 15 is 0 Å². The van der Waals surface area contributed by atoms with Crippen LogP contribution in [0.3, 0.4) is 0 Å². The fraction of sp³-hybridized carbons (Fsp3) is 0.355. The minimum absolute atomic E-state index is 0.231. The van der Waals surface area contributed by atoms with Crippen LogP contribution in [0.1, 0.15) is 68.4 Å². The monoisotopic (exact) mass is 524 g/mol. The van der Waals surface area contributed by atoms with Gasteiger partial charge in [0.2, 0.25) is 11.9 Å². The number of benzene rings is 2. The number of hydrogen-bond donors (Lipinski definition) is 2. The van der Waals surface area contributed by atoms with Gasteiger partial charge < -0.3 is 4.90 Å². The van der Waals surface area contributed by atoms with Gasteiger partial charge in [-0.15, -0.1) is 0 Å². The molecule has 8 heteroatoms. The number of unbranched alkanes of at least 4 members (excludes halogenated alkanes) is 1. The molecule has 5 rings (SSSR count). The minimum Gasteiger partial charge on any atom is -0.337 e. The highest BCUT2D eigenvalue weighted by Gasteiger charge is 2.28. The highest BCUT2D eigenvalue weighted by molar-refractivity contribution is 6.04. The molecule has 2 aromatic heterocycles. The van der Waals surface area contributed by atoms with Crippen molar-refractivity contribution in [2.45, 2.75) is 70.9 Å². The first-order chi connectivity index (χ1) is 19.0. The van der Waals surface area contributed by atoms with Crippen LogP contribution >= 0.6 is 0 Å². The summed E-state index contributed by atoms with van der Waals surface area (Å²) in [6, 6.07) is 18.0. The Hall–Kier alpha value is -4.20. The van der Waals surface area contributed by atoms with Gasteiger partial charge in [-0.3, -0.25) is 24.6 Å². The number of H-pyrrole nitrogens is 1. The number of likely N-dealkylation sites (tertiary alicyclic amines) is 1. The number of carbonyl (C=O) groups excluding carboxylic acids is 2. The van der Waals surface area contributed by atoms with Crippen LogP contribution in [-0.2, 0) is 11.2 Å². The summed E-state index contributed by atoms with van der Waals surface area (Å²) in [6.07, 6.45) is 11.9. The molecule has 4 aromatic rings. The summed E-state index contributed by atoms with van der Waals surface area (Å²) < 4.78 is 1.91. The first kappa shape index (κ1) is 26.4. The molecule has 0 unspecified atom stereocenters. The maximum atomic E-state index is 13.2. The fourth-order valence-corrected chi connectivity index (χ4v) is 5.47. The quantitative estimate of drug-likeness (QED) is 0.262. The lowest BCUT2D eigenvalue weighted by atomic mass is 9.96. The summed E-state index contributed by atoms with van der Waals surface area (Å²) in [5, 5.41) is 9.82. The van der Waals surface area contributed by atoms with Crippen molar-refractivity contribution < 1.29 is 9.59 Å². The van der Waals surface area contributed by atoms with Crippen molar-refractivity contribution in [1.29, 1.82) is 0 Å². The Morgan fingerprint density at radius 3 is 2.54 bits per heavy atom. The highest BCUT2D eigenvalue weighted by Crippen LogP contribution is 2.25. The fourth-order valence-electron chi connectivity index (χ4n) is 5.47. The van der Waals surface area contributed by atoms with E-state index in [4.69, 9.17) is 4.98 Å². The normalized spacial score (nSPS) is 17.2. The van der Waals surface area contributed by atoms with Crippen molar-refractivity contribution in [2.24, 2.45) is 0 Å².